The molecule has 1 aromatic carbocycles. The topological polar surface area (TPSA) is 58.6 Å². The summed E-state index contributed by atoms with van der Waals surface area (Å²) in [5.74, 6) is 0.693. The normalized spacial score (nSPS) is 17.2. The van der Waals surface area contributed by atoms with Crippen molar-refractivity contribution in [1.82, 2.24) is 5.32 Å². The molecule has 1 fully saturated rings. The highest BCUT2D eigenvalue weighted by Crippen LogP contribution is 2.26. The van der Waals surface area contributed by atoms with Gasteiger partial charge in [-0.2, -0.15) is 0 Å². The van der Waals surface area contributed by atoms with Crippen LogP contribution in [0, 0.1) is 5.92 Å². The predicted molar refractivity (Wildman–Crippen MR) is 82.5 cm³/mol. The van der Waals surface area contributed by atoms with Gasteiger partial charge in [0.05, 0.1) is 6.10 Å². The highest BCUT2D eigenvalue weighted by molar-refractivity contribution is 6.30. The Labute approximate surface area is 130 Å². The lowest BCUT2D eigenvalue weighted by Gasteiger charge is -2.26. The van der Waals surface area contributed by atoms with Crippen LogP contribution < -0.4 is 10.1 Å². The van der Waals surface area contributed by atoms with Crippen molar-refractivity contribution in [2.45, 2.75) is 38.2 Å². The number of hydrogen-bond donors (Lipinski definition) is 2. The molecule has 1 saturated carbocycles. The summed E-state index contributed by atoms with van der Waals surface area (Å²) in [5.41, 5.74) is 0. The van der Waals surface area contributed by atoms with Crippen LogP contribution in [0.1, 0.15) is 32.1 Å². The standard InChI is InChI=1S/C16H22ClNO3/c17-13-6-8-14(9-7-13)21-11-16(20)18-10-15(19)12-4-2-1-3-5-12/h6-9,12,15,19H,1-5,10-11H2,(H,18,20). The first kappa shape index (κ1) is 16.1. The fourth-order valence-corrected chi connectivity index (χ4v) is 2.76. The number of halogens is 1. The summed E-state index contributed by atoms with van der Waals surface area (Å²) in [6.07, 6.45) is 5.26. The molecule has 2 N–H and O–H groups in total. The van der Waals surface area contributed by atoms with Gasteiger partial charge in [-0.3, -0.25) is 4.79 Å². The summed E-state index contributed by atoms with van der Waals surface area (Å²) in [7, 11) is 0. The molecule has 1 aromatic rings. The number of rotatable bonds is 6. The molecule has 1 atom stereocenters. The summed E-state index contributed by atoms with van der Waals surface area (Å²) < 4.78 is 5.35. The van der Waals surface area contributed by atoms with Gasteiger partial charge in [0.1, 0.15) is 5.75 Å². The van der Waals surface area contributed by atoms with Gasteiger partial charge >= 0.3 is 0 Å². The highest BCUT2D eigenvalue weighted by Gasteiger charge is 2.21. The molecule has 5 heteroatoms. The first-order valence-corrected chi connectivity index (χ1v) is 7.86. The van der Waals surface area contributed by atoms with E-state index in [1.807, 2.05) is 0 Å². The molecule has 1 amide bonds. The van der Waals surface area contributed by atoms with Crippen LogP contribution in [0.15, 0.2) is 24.3 Å². The van der Waals surface area contributed by atoms with Gasteiger partial charge in [0, 0.05) is 11.6 Å². The van der Waals surface area contributed by atoms with E-state index < -0.39 is 6.10 Å². The highest BCUT2D eigenvalue weighted by atomic mass is 35.5. The van der Waals surface area contributed by atoms with E-state index in [0.29, 0.717) is 23.2 Å². The quantitative estimate of drug-likeness (QED) is 0.849. The number of hydrogen-bond acceptors (Lipinski definition) is 3. The van der Waals surface area contributed by atoms with E-state index in [0.717, 1.165) is 12.8 Å². The fourth-order valence-electron chi connectivity index (χ4n) is 2.63. The van der Waals surface area contributed by atoms with E-state index in [1.54, 1.807) is 24.3 Å². The van der Waals surface area contributed by atoms with Gasteiger partial charge in [-0.05, 0) is 43.0 Å². The Morgan fingerprint density at radius 2 is 1.95 bits per heavy atom. The third-order valence-corrected chi connectivity index (χ3v) is 4.14. The van der Waals surface area contributed by atoms with Gasteiger partial charge in [-0.15, -0.1) is 0 Å². The Morgan fingerprint density at radius 3 is 2.62 bits per heavy atom. The number of aliphatic hydroxyl groups excluding tert-OH is 1. The zero-order valence-electron chi connectivity index (χ0n) is 12.1. The molecule has 0 bridgehead atoms. The van der Waals surface area contributed by atoms with Gasteiger partial charge in [-0.25, -0.2) is 0 Å². The molecule has 0 saturated heterocycles. The van der Waals surface area contributed by atoms with E-state index >= 15 is 0 Å². The predicted octanol–water partition coefficient (Wildman–Crippen LogP) is 2.78. The zero-order valence-corrected chi connectivity index (χ0v) is 12.8. The molecular weight excluding hydrogens is 290 g/mol. The zero-order chi connectivity index (χ0) is 15.1. The second-order valence-electron chi connectivity index (χ2n) is 5.51. The minimum absolute atomic E-state index is 0.0565. The SMILES string of the molecule is O=C(COc1ccc(Cl)cc1)NCC(O)C1CCCCC1. The number of amides is 1. The van der Waals surface area contributed by atoms with Crippen LogP contribution in [-0.4, -0.2) is 30.3 Å². The Morgan fingerprint density at radius 1 is 1.29 bits per heavy atom. The molecule has 1 unspecified atom stereocenters. The summed E-state index contributed by atoms with van der Waals surface area (Å²) in [5, 5.41) is 13.4. The second-order valence-corrected chi connectivity index (χ2v) is 5.95. The number of benzene rings is 1. The monoisotopic (exact) mass is 311 g/mol. The molecule has 0 heterocycles. The number of carbonyl (C=O) groups is 1. The summed E-state index contributed by atoms with van der Waals surface area (Å²) in [6, 6.07) is 6.85. The Balaban J connectivity index is 1.66. The van der Waals surface area contributed by atoms with E-state index in [4.69, 9.17) is 16.3 Å². The van der Waals surface area contributed by atoms with Crippen LogP contribution in [0.5, 0.6) is 5.75 Å². The van der Waals surface area contributed by atoms with Gasteiger partial charge in [-0.1, -0.05) is 30.9 Å². The van der Waals surface area contributed by atoms with E-state index in [2.05, 4.69) is 5.32 Å². The molecule has 1 aliphatic rings. The van der Waals surface area contributed by atoms with Crippen molar-refractivity contribution in [3.05, 3.63) is 29.3 Å². The maximum atomic E-state index is 11.7. The molecule has 0 aromatic heterocycles. The molecule has 1 aliphatic carbocycles. The average Bonchev–Trinajstić information content (AvgIpc) is 2.53. The number of aliphatic hydroxyl groups is 1. The van der Waals surface area contributed by atoms with Crippen molar-refractivity contribution in [2.24, 2.45) is 5.92 Å². The Kier molecular flexibility index (Phi) is 6.33. The third kappa shape index (κ3) is 5.56. The van der Waals surface area contributed by atoms with Gasteiger partial charge in [0.15, 0.2) is 6.61 Å². The third-order valence-electron chi connectivity index (χ3n) is 3.89. The molecule has 4 nitrogen and oxygen atoms in total. The van der Waals surface area contributed by atoms with Crippen LogP contribution in [0.25, 0.3) is 0 Å². The summed E-state index contributed by atoms with van der Waals surface area (Å²) >= 11 is 5.77. The lowest BCUT2D eigenvalue weighted by atomic mass is 9.85. The first-order valence-electron chi connectivity index (χ1n) is 7.48. The molecule has 0 aliphatic heterocycles. The maximum Gasteiger partial charge on any atom is 0.258 e. The minimum Gasteiger partial charge on any atom is -0.484 e. The smallest absolute Gasteiger partial charge is 0.258 e. The summed E-state index contributed by atoms with van der Waals surface area (Å²) in [6.45, 7) is 0.243. The van der Waals surface area contributed by atoms with Crippen LogP contribution in [0.4, 0.5) is 0 Å². The lowest BCUT2D eigenvalue weighted by molar-refractivity contribution is -0.123. The number of nitrogens with one attached hydrogen (secondary N) is 1. The molecule has 0 spiro atoms. The van der Waals surface area contributed by atoms with E-state index in [-0.39, 0.29) is 12.5 Å². The molecule has 2 rings (SSSR count). The van der Waals surface area contributed by atoms with Crippen LogP contribution in [-0.2, 0) is 4.79 Å². The lowest BCUT2D eigenvalue weighted by Crippen LogP contribution is -2.39. The van der Waals surface area contributed by atoms with Gasteiger partial charge in [0.25, 0.3) is 5.91 Å². The number of ether oxygens (including phenoxy) is 1. The van der Waals surface area contributed by atoms with Crippen molar-refractivity contribution in [2.75, 3.05) is 13.2 Å². The van der Waals surface area contributed by atoms with Gasteiger partial charge < -0.3 is 15.2 Å². The van der Waals surface area contributed by atoms with Crippen LogP contribution in [0.2, 0.25) is 5.02 Å². The number of carbonyl (C=O) groups excluding carboxylic acids is 1. The van der Waals surface area contributed by atoms with Crippen molar-refractivity contribution >= 4 is 17.5 Å². The van der Waals surface area contributed by atoms with E-state index in [9.17, 15) is 9.90 Å². The van der Waals surface area contributed by atoms with Gasteiger partial charge in [0.2, 0.25) is 0 Å². The van der Waals surface area contributed by atoms with Crippen LogP contribution >= 0.6 is 11.6 Å². The first-order chi connectivity index (χ1) is 10.1. The summed E-state index contributed by atoms with van der Waals surface area (Å²) in [4.78, 5) is 11.7. The fraction of sp³-hybridized carbons (Fsp3) is 0.562. The molecule has 0 radical (unpaired) electrons. The van der Waals surface area contributed by atoms with Crippen molar-refractivity contribution in [3.8, 4) is 5.75 Å². The molecular formula is C16H22ClNO3. The Hall–Kier alpha value is -1.26. The Bertz CT molecular complexity index is 443. The van der Waals surface area contributed by atoms with Crippen molar-refractivity contribution in [3.63, 3.8) is 0 Å². The maximum absolute atomic E-state index is 11.7. The molecule has 116 valence electrons. The largest absolute Gasteiger partial charge is 0.484 e. The van der Waals surface area contributed by atoms with Crippen molar-refractivity contribution < 1.29 is 14.6 Å². The average molecular weight is 312 g/mol. The van der Waals surface area contributed by atoms with Crippen molar-refractivity contribution in [1.29, 1.82) is 0 Å². The second kappa shape index (κ2) is 8.25. The van der Waals surface area contributed by atoms with Crippen LogP contribution in [0.3, 0.4) is 0 Å². The minimum atomic E-state index is -0.454. The van der Waals surface area contributed by atoms with E-state index in [1.165, 1.54) is 19.3 Å². The molecule has 21 heavy (non-hydrogen) atoms.